The van der Waals surface area contributed by atoms with Gasteiger partial charge in [-0.1, -0.05) is 25.1 Å². The third kappa shape index (κ3) is 3.70. The van der Waals surface area contributed by atoms with Gasteiger partial charge in [0, 0.05) is 18.0 Å². The van der Waals surface area contributed by atoms with Crippen LogP contribution >= 0.6 is 0 Å². The summed E-state index contributed by atoms with van der Waals surface area (Å²) in [5, 5.41) is 23.7. The number of aliphatic hydroxyl groups is 1. The molecular weight excluding hydrogens is 316 g/mol. The van der Waals surface area contributed by atoms with Gasteiger partial charge >= 0.3 is 0 Å². The van der Waals surface area contributed by atoms with Crippen LogP contribution in [0.15, 0.2) is 42.5 Å². The van der Waals surface area contributed by atoms with Gasteiger partial charge in [-0.15, -0.1) is 0 Å². The number of nitrogens with zero attached hydrogens (tertiary/aromatic N) is 2. The number of aromatic nitrogens is 2. The second-order valence-electron chi connectivity index (χ2n) is 5.97. The molecule has 25 heavy (non-hydrogen) atoms. The molecule has 0 saturated carbocycles. The Bertz CT molecular complexity index is 882. The summed E-state index contributed by atoms with van der Waals surface area (Å²) in [4.78, 5) is 9.16. The topological polar surface area (TPSA) is 104 Å². The first-order valence-electron chi connectivity index (χ1n) is 8.31. The normalized spacial score (nSPS) is 12.3. The fourth-order valence-corrected chi connectivity index (χ4v) is 2.56. The Morgan fingerprint density at radius 2 is 1.96 bits per heavy atom. The van der Waals surface area contributed by atoms with Gasteiger partial charge in [-0.25, -0.2) is 9.97 Å². The number of phenols is 1. The summed E-state index contributed by atoms with van der Waals surface area (Å²) in [5.74, 6) is 1.15. The third-order valence-electron chi connectivity index (χ3n) is 4.14. The first-order valence-corrected chi connectivity index (χ1v) is 8.31. The van der Waals surface area contributed by atoms with Crippen LogP contribution in [0.5, 0.6) is 5.75 Å². The lowest BCUT2D eigenvalue weighted by molar-refractivity contribution is 0.282. The van der Waals surface area contributed by atoms with E-state index in [2.05, 4.69) is 15.3 Å². The van der Waals surface area contributed by atoms with Gasteiger partial charge in [0.25, 0.3) is 0 Å². The lowest BCUT2D eigenvalue weighted by Crippen LogP contribution is -2.28. The minimum Gasteiger partial charge on any atom is -0.507 e. The lowest BCUT2D eigenvalue weighted by atomic mass is 10.1. The fraction of sp³-hybridized carbons (Fsp3) is 0.263. The van der Waals surface area contributed by atoms with Crippen LogP contribution in [0.3, 0.4) is 0 Å². The predicted octanol–water partition coefficient (Wildman–Crippen LogP) is 2.64. The Morgan fingerprint density at radius 3 is 2.72 bits per heavy atom. The Morgan fingerprint density at radius 1 is 1.16 bits per heavy atom. The lowest BCUT2D eigenvalue weighted by Gasteiger charge is -2.14. The van der Waals surface area contributed by atoms with E-state index in [-0.39, 0.29) is 18.4 Å². The molecule has 1 heterocycles. The van der Waals surface area contributed by atoms with E-state index in [1.54, 1.807) is 18.2 Å². The smallest absolute Gasteiger partial charge is 0.165 e. The summed E-state index contributed by atoms with van der Waals surface area (Å²) in [6, 6.07) is 12.6. The van der Waals surface area contributed by atoms with Gasteiger partial charge in [0.1, 0.15) is 11.6 Å². The first kappa shape index (κ1) is 17.1. The fourth-order valence-electron chi connectivity index (χ4n) is 2.56. The zero-order valence-corrected chi connectivity index (χ0v) is 14.1. The SMILES string of the molecule is CC[C@@H](N)CNc1nc(-c2cc(CO)ccc2O)nc2ccccc12. The zero-order valence-electron chi connectivity index (χ0n) is 14.1. The molecule has 1 atom stereocenters. The van der Waals surface area contributed by atoms with Gasteiger partial charge in [0.2, 0.25) is 0 Å². The number of fused-ring (bicyclic) bond motifs is 1. The van der Waals surface area contributed by atoms with E-state index in [0.717, 1.165) is 17.3 Å². The molecule has 0 amide bonds. The number of anilines is 1. The van der Waals surface area contributed by atoms with Crippen molar-refractivity contribution in [3.63, 3.8) is 0 Å². The van der Waals surface area contributed by atoms with Crippen LogP contribution < -0.4 is 11.1 Å². The van der Waals surface area contributed by atoms with Gasteiger partial charge in [-0.05, 0) is 36.2 Å². The molecule has 0 aliphatic heterocycles. The number of rotatable bonds is 6. The van der Waals surface area contributed by atoms with E-state index >= 15 is 0 Å². The standard InChI is InChI=1S/C19H22N4O2/c1-2-13(20)10-21-18-14-5-3-4-6-16(14)22-19(23-18)15-9-12(11-24)7-8-17(15)25/h3-9,13,24-25H,2,10-11,20H2,1H3,(H,21,22,23)/t13-/m1/s1. The molecule has 0 aliphatic carbocycles. The maximum atomic E-state index is 10.2. The molecule has 5 N–H and O–H groups in total. The van der Waals surface area contributed by atoms with Crippen LogP contribution in [-0.2, 0) is 6.61 Å². The van der Waals surface area contributed by atoms with Crippen LogP contribution in [0, 0.1) is 0 Å². The van der Waals surface area contributed by atoms with Crippen molar-refractivity contribution in [2.45, 2.75) is 26.0 Å². The average Bonchev–Trinajstić information content (AvgIpc) is 2.66. The molecule has 3 rings (SSSR count). The third-order valence-corrected chi connectivity index (χ3v) is 4.14. The summed E-state index contributed by atoms with van der Waals surface area (Å²) in [5.41, 5.74) is 7.95. The van der Waals surface area contributed by atoms with Gasteiger partial charge in [0.05, 0.1) is 17.7 Å². The van der Waals surface area contributed by atoms with E-state index in [9.17, 15) is 10.2 Å². The number of benzene rings is 2. The van der Waals surface area contributed by atoms with Crippen LogP contribution in [0.25, 0.3) is 22.3 Å². The molecule has 130 valence electrons. The Balaban J connectivity index is 2.10. The molecule has 0 aliphatic rings. The molecule has 0 radical (unpaired) electrons. The number of aromatic hydroxyl groups is 1. The van der Waals surface area contributed by atoms with Gasteiger partial charge in [-0.3, -0.25) is 0 Å². The highest BCUT2D eigenvalue weighted by Crippen LogP contribution is 2.31. The number of hydrogen-bond acceptors (Lipinski definition) is 6. The molecule has 0 bridgehead atoms. The summed E-state index contributed by atoms with van der Waals surface area (Å²) < 4.78 is 0. The van der Waals surface area contributed by atoms with E-state index < -0.39 is 0 Å². The van der Waals surface area contributed by atoms with Crippen LogP contribution in [0.1, 0.15) is 18.9 Å². The minimum absolute atomic E-state index is 0.0308. The van der Waals surface area contributed by atoms with Gasteiger partial charge in [-0.2, -0.15) is 0 Å². The number of phenolic OH excluding ortho intramolecular Hbond substituents is 1. The largest absolute Gasteiger partial charge is 0.507 e. The molecule has 0 unspecified atom stereocenters. The van der Waals surface area contributed by atoms with Crippen molar-refractivity contribution in [3.05, 3.63) is 48.0 Å². The molecule has 2 aromatic carbocycles. The number of nitrogens with one attached hydrogen (secondary N) is 1. The molecule has 0 saturated heterocycles. The molecule has 1 aromatic heterocycles. The molecule has 6 nitrogen and oxygen atoms in total. The van der Waals surface area contributed by atoms with E-state index in [0.29, 0.717) is 29.3 Å². The highest BCUT2D eigenvalue weighted by Gasteiger charge is 2.13. The summed E-state index contributed by atoms with van der Waals surface area (Å²) in [6.07, 6.45) is 0.863. The summed E-state index contributed by atoms with van der Waals surface area (Å²) in [6.45, 7) is 2.52. The second-order valence-corrected chi connectivity index (χ2v) is 5.97. The van der Waals surface area contributed by atoms with Crippen molar-refractivity contribution in [2.24, 2.45) is 5.73 Å². The second kappa shape index (κ2) is 7.46. The maximum Gasteiger partial charge on any atom is 0.165 e. The van der Waals surface area contributed by atoms with Crippen molar-refractivity contribution >= 4 is 16.7 Å². The summed E-state index contributed by atoms with van der Waals surface area (Å²) >= 11 is 0. The van der Waals surface area contributed by atoms with Gasteiger partial charge < -0.3 is 21.3 Å². The molecule has 3 aromatic rings. The van der Waals surface area contributed by atoms with Crippen molar-refractivity contribution < 1.29 is 10.2 Å². The van der Waals surface area contributed by atoms with Crippen molar-refractivity contribution in [2.75, 3.05) is 11.9 Å². The highest BCUT2D eigenvalue weighted by molar-refractivity contribution is 5.90. The van der Waals surface area contributed by atoms with E-state index in [1.807, 2.05) is 31.2 Å². The number of para-hydroxylation sites is 1. The minimum atomic E-state index is -0.114. The van der Waals surface area contributed by atoms with Gasteiger partial charge in [0.15, 0.2) is 5.82 Å². The monoisotopic (exact) mass is 338 g/mol. The molecule has 0 spiro atoms. The predicted molar refractivity (Wildman–Crippen MR) is 99.3 cm³/mol. The molecule has 0 fully saturated rings. The zero-order chi connectivity index (χ0) is 17.8. The number of hydrogen-bond donors (Lipinski definition) is 4. The summed E-state index contributed by atoms with van der Waals surface area (Å²) in [7, 11) is 0. The van der Waals surface area contributed by atoms with Crippen molar-refractivity contribution in [1.29, 1.82) is 0 Å². The quantitative estimate of drug-likeness (QED) is 0.551. The number of nitrogens with two attached hydrogens (primary N) is 1. The van der Waals surface area contributed by atoms with E-state index in [4.69, 9.17) is 5.73 Å². The average molecular weight is 338 g/mol. The Kier molecular flexibility index (Phi) is 5.11. The Labute approximate surface area is 146 Å². The highest BCUT2D eigenvalue weighted by atomic mass is 16.3. The van der Waals surface area contributed by atoms with Crippen LogP contribution in [-0.4, -0.2) is 32.8 Å². The molecule has 6 heteroatoms. The number of aliphatic hydroxyl groups excluding tert-OH is 1. The van der Waals surface area contributed by atoms with Crippen molar-refractivity contribution in [1.82, 2.24) is 9.97 Å². The molecular formula is C19H22N4O2. The van der Waals surface area contributed by atoms with E-state index in [1.165, 1.54) is 0 Å². The first-order chi connectivity index (χ1) is 12.1. The van der Waals surface area contributed by atoms with Crippen LogP contribution in [0.4, 0.5) is 5.82 Å². The Hall–Kier alpha value is -2.70. The van der Waals surface area contributed by atoms with Crippen molar-refractivity contribution in [3.8, 4) is 17.1 Å². The van der Waals surface area contributed by atoms with Crippen LogP contribution in [0.2, 0.25) is 0 Å². The maximum absolute atomic E-state index is 10.2.